The van der Waals surface area contributed by atoms with Crippen molar-refractivity contribution in [1.29, 1.82) is 0 Å². The molecule has 0 aliphatic carbocycles. The molecule has 116 valence electrons. The molecule has 1 amide bonds. The number of nitrogens with one attached hydrogen (secondary N) is 1. The summed E-state index contributed by atoms with van der Waals surface area (Å²) in [6, 6.07) is 15.8. The number of aromatic nitrogens is 2. The maximum atomic E-state index is 12.1. The Morgan fingerprint density at radius 2 is 2.00 bits per heavy atom. The molecule has 5 nitrogen and oxygen atoms in total. The van der Waals surface area contributed by atoms with Gasteiger partial charge in [0.05, 0.1) is 29.9 Å². The smallest absolute Gasteiger partial charge is 0.229 e. The summed E-state index contributed by atoms with van der Waals surface area (Å²) in [4.78, 5) is 12.1. The third-order valence-corrected chi connectivity index (χ3v) is 4.16. The third kappa shape index (κ3) is 2.71. The number of benzene rings is 2. The van der Waals surface area contributed by atoms with Crippen molar-refractivity contribution in [2.24, 2.45) is 5.92 Å². The number of amides is 1. The SMILES string of the molecule is O=C(Nc1ccc(-n2ncc3ccccc32)cc1)C1CCOC1. The van der Waals surface area contributed by atoms with Gasteiger partial charge in [-0.25, -0.2) is 4.68 Å². The summed E-state index contributed by atoms with van der Waals surface area (Å²) in [6.45, 7) is 1.19. The van der Waals surface area contributed by atoms with Crippen LogP contribution < -0.4 is 5.32 Å². The predicted octanol–water partition coefficient (Wildman–Crippen LogP) is 3.00. The summed E-state index contributed by atoms with van der Waals surface area (Å²) in [6.07, 6.45) is 2.65. The summed E-state index contributed by atoms with van der Waals surface area (Å²) in [7, 11) is 0. The van der Waals surface area contributed by atoms with E-state index in [4.69, 9.17) is 4.74 Å². The molecule has 2 aromatic carbocycles. The molecule has 0 saturated carbocycles. The second-order valence-electron chi connectivity index (χ2n) is 5.71. The molecule has 1 aliphatic rings. The highest BCUT2D eigenvalue weighted by atomic mass is 16.5. The Hall–Kier alpha value is -2.66. The summed E-state index contributed by atoms with van der Waals surface area (Å²) in [5.74, 6) is -0.00970. The molecule has 2 heterocycles. The van der Waals surface area contributed by atoms with Gasteiger partial charge in [0.15, 0.2) is 0 Å². The minimum Gasteiger partial charge on any atom is -0.381 e. The maximum Gasteiger partial charge on any atom is 0.229 e. The molecule has 1 aliphatic heterocycles. The Balaban J connectivity index is 1.55. The summed E-state index contributed by atoms with van der Waals surface area (Å²) in [5, 5.41) is 8.48. The Morgan fingerprint density at radius 3 is 2.78 bits per heavy atom. The Morgan fingerprint density at radius 1 is 1.17 bits per heavy atom. The van der Waals surface area contributed by atoms with E-state index in [1.807, 2.05) is 59.4 Å². The first kappa shape index (κ1) is 14.0. The Kier molecular flexibility index (Phi) is 3.55. The van der Waals surface area contributed by atoms with Gasteiger partial charge in [0.1, 0.15) is 0 Å². The zero-order valence-corrected chi connectivity index (χ0v) is 12.6. The van der Waals surface area contributed by atoms with E-state index < -0.39 is 0 Å². The molecule has 1 atom stereocenters. The van der Waals surface area contributed by atoms with Gasteiger partial charge in [0.25, 0.3) is 0 Å². The van der Waals surface area contributed by atoms with E-state index in [2.05, 4.69) is 10.4 Å². The largest absolute Gasteiger partial charge is 0.381 e. The standard InChI is InChI=1S/C18H17N3O2/c22-18(14-9-10-23-12-14)20-15-5-7-16(8-6-15)21-17-4-2-1-3-13(17)11-19-21/h1-8,11,14H,9-10,12H2,(H,20,22). The second-order valence-corrected chi connectivity index (χ2v) is 5.71. The van der Waals surface area contributed by atoms with Gasteiger partial charge in [-0.3, -0.25) is 4.79 Å². The quantitative estimate of drug-likeness (QED) is 0.809. The van der Waals surface area contributed by atoms with Gasteiger partial charge >= 0.3 is 0 Å². The van der Waals surface area contributed by atoms with Crippen LogP contribution in [0, 0.1) is 5.92 Å². The molecule has 1 saturated heterocycles. The summed E-state index contributed by atoms with van der Waals surface area (Å²) >= 11 is 0. The molecule has 23 heavy (non-hydrogen) atoms. The molecule has 4 rings (SSSR count). The zero-order valence-electron chi connectivity index (χ0n) is 12.6. The molecular weight excluding hydrogens is 290 g/mol. The molecule has 0 spiro atoms. The second kappa shape index (κ2) is 5.85. The number of ether oxygens (including phenoxy) is 1. The first-order valence-corrected chi connectivity index (χ1v) is 7.73. The van der Waals surface area contributed by atoms with Crippen molar-refractivity contribution in [3.8, 4) is 5.69 Å². The fraction of sp³-hybridized carbons (Fsp3) is 0.222. The van der Waals surface area contributed by atoms with Crippen molar-refractivity contribution in [2.45, 2.75) is 6.42 Å². The van der Waals surface area contributed by atoms with Gasteiger partial charge in [-0.1, -0.05) is 18.2 Å². The average molecular weight is 307 g/mol. The highest BCUT2D eigenvalue weighted by Gasteiger charge is 2.23. The molecule has 1 fully saturated rings. The van der Waals surface area contributed by atoms with Crippen molar-refractivity contribution < 1.29 is 9.53 Å². The van der Waals surface area contributed by atoms with Crippen LogP contribution in [0.25, 0.3) is 16.6 Å². The van der Waals surface area contributed by atoms with Crippen LogP contribution in [-0.4, -0.2) is 28.9 Å². The molecule has 1 aromatic heterocycles. The lowest BCUT2D eigenvalue weighted by Gasteiger charge is -2.10. The van der Waals surface area contributed by atoms with Crippen LogP contribution >= 0.6 is 0 Å². The van der Waals surface area contributed by atoms with Crippen LogP contribution in [0.4, 0.5) is 5.69 Å². The maximum absolute atomic E-state index is 12.1. The fourth-order valence-corrected chi connectivity index (χ4v) is 2.85. The van der Waals surface area contributed by atoms with E-state index in [0.29, 0.717) is 13.2 Å². The molecule has 1 N–H and O–H groups in total. The summed E-state index contributed by atoms with van der Waals surface area (Å²) < 4.78 is 7.15. The highest BCUT2D eigenvalue weighted by molar-refractivity contribution is 5.92. The molecule has 1 unspecified atom stereocenters. The zero-order chi connectivity index (χ0) is 15.6. The van der Waals surface area contributed by atoms with Crippen LogP contribution in [0.5, 0.6) is 0 Å². The molecular formula is C18H17N3O2. The molecule has 3 aromatic rings. The highest BCUT2D eigenvalue weighted by Crippen LogP contribution is 2.20. The Bertz CT molecular complexity index is 833. The Labute approximate surface area is 133 Å². The van der Waals surface area contributed by atoms with Crippen molar-refractivity contribution in [2.75, 3.05) is 18.5 Å². The van der Waals surface area contributed by atoms with Crippen LogP contribution in [0.2, 0.25) is 0 Å². The summed E-state index contributed by atoms with van der Waals surface area (Å²) in [5.41, 5.74) is 2.82. The number of fused-ring (bicyclic) bond motifs is 1. The molecule has 0 radical (unpaired) electrons. The average Bonchev–Trinajstić information content (AvgIpc) is 3.25. The predicted molar refractivity (Wildman–Crippen MR) is 88.6 cm³/mol. The normalized spacial score (nSPS) is 17.5. The number of para-hydroxylation sites is 1. The lowest BCUT2D eigenvalue weighted by atomic mass is 10.1. The van der Waals surface area contributed by atoms with Crippen molar-refractivity contribution in [3.05, 3.63) is 54.7 Å². The number of rotatable bonds is 3. The minimum atomic E-state index is -0.0373. The van der Waals surface area contributed by atoms with Crippen LogP contribution in [0.15, 0.2) is 54.7 Å². The number of carbonyl (C=O) groups excluding carboxylic acids is 1. The van der Waals surface area contributed by atoms with Crippen LogP contribution in [0.3, 0.4) is 0 Å². The van der Waals surface area contributed by atoms with Gasteiger partial charge < -0.3 is 10.1 Å². The molecule has 5 heteroatoms. The first-order chi connectivity index (χ1) is 11.3. The van der Waals surface area contributed by atoms with Gasteiger partial charge in [-0.15, -0.1) is 0 Å². The van der Waals surface area contributed by atoms with Crippen molar-refractivity contribution in [3.63, 3.8) is 0 Å². The van der Waals surface area contributed by atoms with E-state index in [1.54, 1.807) is 0 Å². The topological polar surface area (TPSA) is 56.2 Å². The first-order valence-electron chi connectivity index (χ1n) is 7.73. The van der Waals surface area contributed by atoms with Crippen molar-refractivity contribution >= 4 is 22.5 Å². The van der Waals surface area contributed by atoms with Gasteiger partial charge in [0, 0.05) is 17.7 Å². The van der Waals surface area contributed by atoms with Crippen LogP contribution in [-0.2, 0) is 9.53 Å². The van der Waals surface area contributed by atoms with Crippen molar-refractivity contribution in [1.82, 2.24) is 9.78 Å². The minimum absolute atomic E-state index is 0.0276. The van der Waals surface area contributed by atoms with E-state index in [-0.39, 0.29) is 11.8 Å². The van der Waals surface area contributed by atoms with E-state index in [0.717, 1.165) is 28.7 Å². The van der Waals surface area contributed by atoms with E-state index in [1.165, 1.54) is 0 Å². The number of nitrogens with zero attached hydrogens (tertiary/aromatic N) is 2. The fourth-order valence-electron chi connectivity index (χ4n) is 2.85. The number of hydrogen-bond donors (Lipinski definition) is 1. The van der Waals surface area contributed by atoms with Gasteiger partial charge in [0.2, 0.25) is 5.91 Å². The number of hydrogen-bond acceptors (Lipinski definition) is 3. The van der Waals surface area contributed by atoms with Crippen LogP contribution in [0.1, 0.15) is 6.42 Å². The monoisotopic (exact) mass is 307 g/mol. The lowest BCUT2D eigenvalue weighted by Crippen LogP contribution is -2.22. The van der Waals surface area contributed by atoms with E-state index in [9.17, 15) is 4.79 Å². The van der Waals surface area contributed by atoms with E-state index >= 15 is 0 Å². The third-order valence-electron chi connectivity index (χ3n) is 4.16. The number of anilines is 1. The lowest BCUT2D eigenvalue weighted by molar-refractivity contribution is -0.119. The van der Waals surface area contributed by atoms with Gasteiger partial charge in [-0.05, 0) is 36.8 Å². The van der Waals surface area contributed by atoms with Gasteiger partial charge in [-0.2, -0.15) is 5.10 Å². The molecule has 0 bridgehead atoms. The number of carbonyl (C=O) groups is 1.